The lowest BCUT2D eigenvalue weighted by molar-refractivity contribution is 0.281. The lowest BCUT2D eigenvalue weighted by atomic mass is 10.3. The molecule has 0 amide bonds. The van der Waals surface area contributed by atoms with Gasteiger partial charge in [-0.3, -0.25) is 4.98 Å². The van der Waals surface area contributed by atoms with E-state index < -0.39 is 0 Å². The van der Waals surface area contributed by atoms with E-state index in [-0.39, 0.29) is 0 Å². The third-order valence-corrected chi connectivity index (χ3v) is 2.82. The Kier molecular flexibility index (Phi) is 4.04. The summed E-state index contributed by atoms with van der Waals surface area (Å²) in [7, 11) is 1.58. The van der Waals surface area contributed by atoms with Crippen molar-refractivity contribution in [3.63, 3.8) is 0 Å². The molecule has 0 saturated heterocycles. The molecule has 0 radical (unpaired) electrons. The van der Waals surface area contributed by atoms with Gasteiger partial charge in [0, 0.05) is 22.4 Å². The third-order valence-electron chi connectivity index (χ3n) is 2.35. The van der Waals surface area contributed by atoms with Crippen LogP contribution in [0.25, 0.3) is 0 Å². The van der Waals surface area contributed by atoms with Crippen LogP contribution >= 0.6 is 15.9 Å². The molecule has 0 saturated carbocycles. The van der Waals surface area contributed by atoms with Gasteiger partial charge in [0.1, 0.15) is 6.61 Å². The lowest BCUT2D eigenvalue weighted by Gasteiger charge is -2.10. The van der Waals surface area contributed by atoms with Crippen LogP contribution in [0.2, 0.25) is 0 Å². The van der Waals surface area contributed by atoms with Gasteiger partial charge in [-0.2, -0.15) is 0 Å². The highest BCUT2D eigenvalue weighted by Gasteiger charge is 2.05. The maximum Gasteiger partial charge on any atom is 0.162 e. The summed E-state index contributed by atoms with van der Waals surface area (Å²) < 4.78 is 11.8. The van der Waals surface area contributed by atoms with Gasteiger partial charge in [0.2, 0.25) is 0 Å². The molecule has 0 fully saturated rings. The first-order valence-corrected chi connectivity index (χ1v) is 6.15. The van der Waals surface area contributed by atoms with Crippen LogP contribution in [-0.4, -0.2) is 12.1 Å². The van der Waals surface area contributed by atoms with Crippen molar-refractivity contribution in [3.8, 4) is 11.5 Å². The van der Waals surface area contributed by atoms with E-state index in [1.807, 2.05) is 12.1 Å². The van der Waals surface area contributed by atoms with Crippen LogP contribution in [0.5, 0.6) is 11.5 Å². The Morgan fingerprint density at radius 1 is 1.22 bits per heavy atom. The van der Waals surface area contributed by atoms with Crippen LogP contribution in [-0.2, 0) is 6.61 Å². The number of aromatic nitrogens is 1. The summed E-state index contributed by atoms with van der Waals surface area (Å²) in [4.78, 5) is 4.23. The minimum absolute atomic E-state index is 0.382. The third kappa shape index (κ3) is 3.13. The van der Waals surface area contributed by atoms with E-state index in [0.717, 1.165) is 10.2 Å². The Morgan fingerprint density at radius 3 is 2.72 bits per heavy atom. The second-order valence-corrected chi connectivity index (χ2v) is 4.58. The number of rotatable bonds is 4. The Bertz CT molecular complexity index is 529. The number of methoxy groups -OCH3 is 1. The largest absolute Gasteiger partial charge is 0.493 e. The van der Waals surface area contributed by atoms with Crippen molar-refractivity contribution in [2.75, 3.05) is 12.8 Å². The molecule has 1 heterocycles. The van der Waals surface area contributed by atoms with Gasteiger partial charge < -0.3 is 15.2 Å². The molecule has 2 N–H and O–H groups in total. The molecule has 0 aliphatic carbocycles. The van der Waals surface area contributed by atoms with Gasteiger partial charge >= 0.3 is 0 Å². The standard InChI is InChI=1S/C13H13BrN2O2/c1-17-13-6-10(15)3-5-12(13)18-8-11-4-2-9(14)7-16-11/h2-7H,8,15H2,1H3. The molecule has 2 aromatic rings. The molecule has 0 spiro atoms. The van der Waals surface area contributed by atoms with Gasteiger partial charge in [-0.25, -0.2) is 0 Å². The van der Waals surface area contributed by atoms with Crippen molar-refractivity contribution in [2.24, 2.45) is 0 Å². The average molecular weight is 309 g/mol. The summed E-state index contributed by atoms with van der Waals surface area (Å²) in [6.07, 6.45) is 1.74. The number of halogens is 1. The van der Waals surface area contributed by atoms with E-state index in [1.165, 1.54) is 0 Å². The van der Waals surface area contributed by atoms with Gasteiger partial charge in [0.05, 0.1) is 12.8 Å². The van der Waals surface area contributed by atoms with E-state index in [9.17, 15) is 0 Å². The molecule has 2 rings (SSSR count). The topological polar surface area (TPSA) is 57.4 Å². The summed E-state index contributed by atoms with van der Waals surface area (Å²) in [5, 5.41) is 0. The SMILES string of the molecule is COc1cc(N)ccc1OCc1ccc(Br)cn1. The van der Waals surface area contributed by atoms with Gasteiger partial charge in [0.15, 0.2) is 11.5 Å². The number of benzene rings is 1. The molecule has 94 valence electrons. The molecular formula is C13H13BrN2O2. The number of nitrogen functional groups attached to an aromatic ring is 1. The minimum Gasteiger partial charge on any atom is -0.493 e. The van der Waals surface area contributed by atoms with Crippen molar-refractivity contribution in [2.45, 2.75) is 6.61 Å². The fourth-order valence-electron chi connectivity index (χ4n) is 1.45. The summed E-state index contributed by atoms with van der Waals surface area (Å²) in [6.45, 7) is 0.382. The highest BCUT2D eigenvalue weighted by atomic mass is 79.9. The van der Waals surface area contributed by atoms with Crippen LogP contribution in [0.1, 0.15) is 5.69 Å². The maximum absolute atomic E-state index is 5.67. The second kappa shape index (κ2) is 5.73. The predicted octanol–water partition coefficient (Wildman–Crippen LogP) is 3.01. The number of ether oxygens (including phenoxy) is 2. The minimum atomic E-state index is 0.382. The predicted molar refractivity (Wildman–Crippen MR) is 73.7 cm³/mol. The summed E-state index contributed by atoms with van der Waals surface area (Å²) in [5.41, 5.74) is 7.16. The first-order valence-electron chi connectivity index (χ1n) is 5.36. The van der Waals surface area contributed by atoms with E-state index in [4.69, 9.17) is 15.2 Å². The van der Waals surface area contributed by atoms with Gasteiger partial charge in [-0.1, -0.05) is 0 Å². The quantitative estimate of drug-likeness (QED) is 0.882. The van der Waals surface area contributed by atoms with Gasteiger partial charge in [-0.15, -0.1) is 0 Å². The second-order valence-electron chi connectivity index (χ2n) is 3.67. The first kappa shape index (κ1) is 12.7. The molecule has 0 aliphatic heterocycles. The smallest absolute Gasteiger partial charge is 0.162 e. The van der Waals surface area contributed by atoms with Crippen LogP contribution in [0.4, 0.5) is 5.69 Å². The van der Waals surface area contributed by atoms with Crippen LogP contribution in [0.3, 0.4) is 0 Å². The van der Waals surface area contributed by atoms with Crippen molar-refractivity contribution in [3.05, 3.63) is 46.7 Å². The van der Waals surface area contributed by atoms with E-state index >= 15 is 0 Å². The zero-order chi connectivity index (χ0) is 13.0. The Balaban J connectivity index is 2.08. The fraction of sp³-hybridized carbons (Fsp3) is 0.154. The number of anilines is 1. The highest BCUT2D eigenvalue weighted by Crippen LogP contribution is 2.29. The summed E-state index contributed by atoms with van der Waals surface area (Å²) in [5.74, 6) is 1.27. The molecule has 0 bridgehead atoms. The summed E-state index contributed by atoms with van der Waals surface area (Å²) >= 11 is 3.34. The van der Waals surface area contributed by atoms with Crippen molar-refractivity contribution in [1.82, 2.24) is 4.98 Å². The lowest BCUT2D eigenvalue weighted by Crippen LogP contribution is -2.00. The number of hydrogen-bond acceptors (Lipinski definition) is 4. The van der Waals surface area contributed by atoms with Crippen LogP contribution in [0.15, 0.2) is 41.0 Å². The molecule has 4 nitrogen and oxygen atoms in total. The number of pyridine rings is 1. The van der Waals surface area contributed by atoms with Crippen molar-refractivity contribution in [1.29, 1.82) is 0 Å². The molecule has 0 unspecified atom stereocenters. The highest BCUT2D eigenvalue weighted by molar-refractivity contribution is 9.10. The molecular weight excluding hydrogens is 296 g/mol. The van der Waals surface area contributed by atoms with Crippen LogP contribution < -0.4 is 15.2 Å². The van der Waals surface area contributed by atoms with Gasteiger partial charge in [-0.05, 0) is 40.2 Å². The molecule has 1 aromatic heterocycles. The number of hydrogen-bond donors (Lipinski definition) is 1. The average Bonchev–Trinajstić information content (AvgIpc) is 2.39. The zero-order valence-electron chi connectivity index (χ0n) is 9.89. The van der Waals surface area contributed by atoms with E-state index in [0.29, 0.717) is 23.8 Å². The summed E-state index contributed by atoms with van der Waals surface area (Å²) in [6, 6.07) is 9.10. The molecule has 0 atom stereocenters. The first-order chi connectivity index (χ1) is 8.69. The normalized spacial score (nSPS) is 10.1. The molecule has 0 aliphatic rings. The fourth-order valence-corrected chi connectivity index (χ4v) is 1.68. The molecule has 18 heavy (non-hydrogen) atoms. The van der Waals surface area contributed by atoms with Crippen LogP contribution in [0, 0.1) is 0 Å². The van der Waals surface area contributed by atoms with Crippen molar-refractivity contribution >= 4 is 21.6 Å². The van der Waals surface area contributed by atoms with E-state index in [2.05, 4.69) is 20.9 Å². The molecule has 1 aromatic carbocycles. The molecule has 5 heteroatoms. The maximum atomic E-state index is 5.67. The number of nitrogens with two attached hydrogens (primary N) is 1. The Hall–Kier alpha value is -1.75. The zero-order valence-corrected chi connectivity index (χ0v) is 11.5. The van der Waals surface area contributed by atoms with Crippen molar-refractivity contribution < 1.29 is 9.47 Å². The van der Waals surface area contributed by atoms with E-state index in [1.54, 1.807) is 31.5 Å². The monoisotopic (exact) mass is 308 g/mol. The number of nitrogens with zero attached hydrogens (tertiary/aromatic N) is 1. The Morgan fingerprint density at radius 2 is 2.06 bits per heavy atom. The van der Waals surface area contributed by atoms with Gasteiger partial charge in [0.25, 0.3) is 0 Å². The Labute approximate surface area is 114 Å².